The van der Waals surface area contributed by atoms with Crippen molar-refractivity contribution in [2.45, 2.75) is 22.9 Å². The summed E-state index contributed by atoms with van der Waals surface area (Å²) in [6.45, 7) is 1.89. The minimum Gasteiger partial charge on any atom is -0.466 e. The smallest absolute Gasteiger partial charge is 0.338 e. The Balaban J connectivity index is 1.92. The van der Waals surface area contributed by atoms with Crippen LogP contribution in [0.1, 0.15) is 24.3 Å². The number of carbonyl (C=O) groups is 2. The van der Waals surface area contributed by atoms with Crippen molar-refractivity contribution in [1.82, 2.24) is 3.97 Å². The monoisotopic (exact) mass is 499 g/mol. The van der Waals surface area contributed by atoms with Crippen molar-refractivity contribution in [1.29, 1.82) is 0 Å². The molecule has 10 heteroatoms. The Morgan fingerprint density at radius 3 is 2.32 bits per heavy atom. The lowest BCUT2D eigenvalue weighted by atomic mass is 9.88. The maximum atomic E-state index is 13.9. The highest BCUT2D eigenvalue weighted by Crippen LogP contribution is 2.65. The minimum absolute atomic E-state index is 0.0335. The zero-order chi connectivity index (χ0) is 24.3. The highest BCUT2D eigenvalue weighted by Gasteiger charge is 2.64. The number of thioether (sulfide) groups is 1. The van der Waals surface area contributed by atoms with Gasteiger partial charge in [-0.25, -0.2) is 22.0 Å². The van der Waals surface area contributed by atoms with Crippen LogP contribution in [0.25, 0.3) is 10.9 Å². The van der Waals surface area contributed by atoms with Crippen LogP contribution in [0.4, 0.5) is 0 Å². The van der Waals surface area contributed by atoms with Crippen molar-refractivity contribution in [2.24, 2.45) is 0 Å². The molecule has 2 aliphatic rings. The molecule has 5 rings (SSSR count). The van der Waals surface area contributed by atoms with Crippen molar-refractivity contribution in [3.05, 3.63) is 77.0 Å². The molecule has 3 aromatic rings. The predicted octanol–water partition coefficient (Wildman–Crippen LogP) is 3.51. The fourth-order valence-electron chi connectivity index (χ4n) is 4.79. The minimum atomic E-state index is -4.07. The number of ether oxygens (including phenoxy) is 3. The van der Waals surface area contributed by atoms with E-state index in [2.05, 4.69) is 0 Å². The van der Waals surface area contributed by atoms with Crippen LogP contribution in [0.5, 0.6) is 0 Å². The van der Waals surface area contributed by atoms with E-state index in [1.54, 1.807) is 42.5 Å². The summed E-state index contributed by atoms with van der Waals surface area (Å²) in [6.07, 6.45) is -1.12. The SMILES string of the molecule is CCS[C@]12O[C@H](C(C(=O)OC)=C1C(=O)OC)c1c2c2ccccc2n1S(=O)(=O)c1ccccc1. The van der Waals surface area contributed by atoms with Crippen LogP contribution in [0.2, 0.25) is 0 Å². The Labute approximate surface area is 200 Å². The number of methoxy groups -OCH3 is 2. The quantitative estimate of drug-likeness (QED) is 0.475. The van der Waals surface area contributed by atoms with Gasteiger partial charge in [0.1, 0.15) is 6.10 Å². The molecule has 0 unspecified atom stereocenters. The van der Waals surface area contributed by atoms with Crippen molar-refractivity contribution in [3.8, 4) is 0 Å². The van der Waals surface area contributed by atoms with Gasteiger partial charge >= 0.3 is 11.9 Å². The molecule has 34 heavy (non-hydrogen) atoms. The molecule has 2 aromatic carbocycles. The Bertz CT molecular complexity index is 1470. The zero-order valence-corrected chi connectivity index (χ0v) is 20.2. The molecule has 176 valence electrons. The summed E-state index contributed by atoms with van der Waals surface area (Å²) in [7, 11) is -1.65. The van der Waals surface area contributed by atoms with Crippen LogP contribution < -0.4 is 0 Å². The Hall–Kier alpha value is -3.08. The van der Waals surface area contributed by atoms with Crippen LogP contribution >= 0.6 is 11.8 Å². The lowest BCUT2D eigenvalue weighted by Crippen LogP contribution is -2.30. The molecule has 0 aliphatic carbocycles. The first-order valence-electron chi connectivity index (χ1n) is 10.5. The molecular weight excluding hydrogens is 478 g/mol. The molecule has 0 saturated heterocycles. The molecule has 3 heterocycles. The van der Waals surface area contributed by atoms with Crippen LogP contribution in [-0.2, 0) is 38.8 Å². The summed E-state index contributed by atoms with van der Waals surface area (Å²) < 4.78 is 45.4. The molecule has 0 amide bonds. The highest BCUT2D eigenvalue weighted by atomic mass is 32.2. The van der Waals surface area contributed by atoms with Crippen molar-refractivity contribution >= 4 is 44.6 Å². The van der Waals surface area contributed by atoms with Crippen LogP contribution in [-0.4, -0.2) is 44.3 Å². The second-order valence-electron chi connectivity index (χ2n) is 7.68. The Morgan fingerprint density at radius 1 is 1.03 bits per heavy atom. The zero-order valence-electron chi connectivity index (χ0n) is 18.6. The first-order valence-corrected chi connectivity index (χ1v) is 12.9. The number of fused-ring (bicyclic) bond motifs is 7. The van der Waals surface area contributed by atoms with Gasteiger partial charge in [0.25, 0.3) is 10.0 Å². The average Bonchev–Trinajstić information content (AvgIpc) is 3.48. The molecule has 2 aliphatic heterocycles. The molecule has 0 radical (unpaired) electrons. The number of carbonyl (C=O) groups excluding carboxylic acids is 2. The lowest BCUT2D eigenvalue weighted by Gasteiger charge is -2.27. The van der Waals surface area contributed by atoms with Crippen LogP contribution in [0.3, 0.4) is 0 Å². The lowest BCUT2D eigenvalue weighted by molar-refractivity contribution is -0.139. The molecule has 0 spiro atoms. The Kier molecular flexibility index (Phi) is 5.34. The second-order valence-corrected chi connectivity index (χ2v) is 10.9. The van der Waals surface area contributed by atoms with Crippen LogP contribution in [0, 0.1) is 0 Å². The molecular formula is C24H21NO7S2. The van der Waals surface area contributed by atoms with Crippen molar-refractivity contribution < 1.29 is 32.2 Å². The third-order valence-electron chi connectivity index (χ3n) is 6.01. The predicted molar refractivity (Wildman–Crippen MR) is 126 cm³/mol. The van der Waals surface area contributed by atoms with Gasteiger partial charge in [-0.3, -0.25) is 0 Å². The number of nitrogens with zero attached hydrogens (tertiary/aromatic N) is 1. The fourth-order valence-corrected chi connectivity index (χ4v) is 7.63. The molecule has 8 nitrogen and oxygen atoms in total. The van der Waals surface area contributed by atoms with Gasteiger partial charge in [0.2, 0.25) is 0 Å². The summed E-state index contributed by atoms with van der Waals surface area (Å²) in [5.74, 6) is -0.979. The first-order chi connectivity index (χ1) is 16.3. The van der Waals surface area contributed by atoms with E-state index in [4.69, 9.17) is 14.2 Å². The van der Waals surface area contributed by atoms with E-state index >= 15 is 0 Å². The van der Waals surface area contributed by atoms with Crippen LogP contribution in [0.15, 0.2) is 70.6 Å². The van der Waals surface area contributed by atoms with E-state index in [9.17, 15) is 18.0 Å². The number of hydrogen-bond donors (Lipinski definition) is 0. The number of esters is 2. The van der Waals surface area contributed by atoms with Gasteiger partial charge in [0, 0.05) is 10.9 Å². The average molecular weight is 500 g/mol. The van der Waals surface area contributed by atoms with E-state index in [-0.39, 0.29) is 16.0 Å². The molecule has 0 saturated carbocycles. The summed E-state index contributed by atoms with van der Waals surface area (Å²) in [5, 5.41) is 0.616. The molecule has 1 aromatic heterocycles. The standard InChI is InChI=1S/C24H21NO7S2/c1-4-33-24-18-15-12-8-9-13-16(15)25(34(28,29)14-10-6-5-7-11-14)20(18)21(32-24)17(22(26)30-2)19(24)23(27)31-3/h5-13,21H,4H2,1-3H3/t21-,24+/m1/s1. The normalized spacial score (nSPS) is 21.1. The van der Waals surface area contributed by atoms with Gasteiger partial charge in [0.05, 0.1) is 41.5 Å². The molecule has 0 N–H and O–H groups in total. The van der Waals surface area contributed by atoms with Gasteiger partial charge < -0.3 is 14.2 Å². The summed E-state index contributed by atoms with van der Waals surface area (Å²) in [5.41, 5.74) is 1.24. The van der Waals surface area contributed by atoms with Gasteiger partial charge in [-0.15, -0.1) is 11.8 Å². The van der Waals surface area contributed by atoms with E-state index in [1.807, 2.05) is 6.92 Å². The van der Waals surface area contributed by atoms with E-state index in [0.29, 0.717) is 27.9 Å². The largest absolute Gasteiger partial charge is 0.466 e. The second kappa shape index (κ2) is 8.00. The molecule has 2 atom stereocenters. The van der Waals surface area contributed by atoms with Gasteiger partial charge in [-0.05, 0) is 24.0 Å². The fraction of sp³-hybridized carbons (Fsp3) is 0.250. The molecule has 0 fully saturated rings. The summed E-state index contributed by atoms with van der Waals surface area (Å²) in [4.78, 5) is 24.6. The van der Waals surface area contributed by atoms with Gasteiger partial charge in [-0.2, -0.15) is 0 Å². The topological polar surface area (TPSA) is 101 Å². The number of para-hydroxylation sites is 1. The maximum Gasteiger partial charge on any atom is 0.338 e. The number of aromatic nitrogens is 1. The van der Waals surface area contributed by atoms with Gasteiger partial charge in [0.15, 0.2) is 4.93 Å². The van der Waals surface area contributed by atoms with Crippen molar-refractivity contribution in [2.75, 3.05) is 20.0 Å². The van der Waals surface area contributed by atoms with E-state index in [0.717, 1.165) is 0 Å². The number of rotatable bonds is 6. The van der Waals surface area contributed by atoms with Crippen molar-refractivity contribution in [3.63, 3.8) is 0 Å². The van der Waals surface area contributed by atoms with E-state index in [1.165, 1.54) is 42.1 Å². The van der Waals surface area contributed by atoms with Gasteiger partial charge in [-0.1, -0.05) is 43.3 Å². The first kappa shape index (κ1) is 22.7. The highest BCUT2D eigenvalue weighted by molar-refractivity contribution is 8.00. The third-order valence-corrected chi connectivity index (χ3v) is 8.95. The number of benzene rings is 2. The third kappa shape index (κ3) is 2.85. The number of hydrogen-bond acceptors (Lipinski definition) is 8. The van der Waals surface area contributed by atoms with E-state index < -0.39 is 33.0 Å². The molecule has 2 bridgehead atoms. The Morgan fingerprint density at radius 2 is 1.68 bits per heavy atom. The maximum absolute atomic E-state index is 13.9. The summed E-state index contributed by atoms with van der Waals surface area (Å²) in [6, 6.07) is 15.1. The summed E-state index contributed by atoms with van der Waals surface area (Å²) >= 11 is 1.29.